The third-order valence-electron chi connectivity index (χ3n) is 7.24. The summed E-state index contributed by atoms with van der Waals surface area (Å²) in [5.74, 6) is 0. The number of hydrogen-bond donors (Lipinski definition) is 1. The minimum absolute atomic E-state index is 1.08. The first-order valence-corrected chi connectivity index (χ1v) is 12.7. The summed E-state index contributed by atoms with van der Waals surface area (Å²) in [6.45, 7) is 0. The van der Waals surface area contributed by atoms with Crippen LogP contribution in [0.1, 0.15) is 0 Å². The molecule has 7 rings (SSSR count). The topological polar surface area (TPSA) is 12.0 Å². The van der Waals surface area contributed by atoms with Crippen molar-refractivity contribution in [1.29, 1.82) is 0 Å². The Morgan fingerprint density at radius 2 is 0.838 bits per heavy atom. The van der Waals surface area contributed by atoms with E-state index in [1.807, 2.05) is 0 Å². The van der Waals surface area contributed by atoms with Crippen molar-refractivity contribution in [1.82, 2.24) is 0 Å². The quantitative estimate of drug-likeness (QED) is 0.252. The molecule has 0 amide bonds. The van der Waals surface area contributed by atoms with Gasteiger partial charge in [-0.15, -0.1) is 0 Å². The number of nitrogens with one attached hydrogen (secondary N) is 1. The Bertz CT molecular complexity index is 1870. The predicted molar refractivity (Wildman–Crippen MR) is 160 cm³/mol. The van der Waals surface area contributed by atoms with E-state index in [0.717, 1.165) is 11.4 Å². The Kier molecular flexibility index (Phi) is 5.19. The van der Waals surface area contributed by atoms with E-state index in [4.69, 9.17) is 0 Å². The summed E-state index contributed by atoms with van der Waals surface area (Å²) in [5, 5.41) is 11.3. The van der Waals surface area contributed by atoms with E-state index in [2.05, 4.69) is 151 Å². The summed E-state index contributed by atoms with van der Waals surface area (Å²) in [7, 11) is 0. The molecule has 7 aromatic rings. The minimum atomic E-state index is 1.08. The monoisotopic (exact) mass is 471 g/mol. The highest BCUT2D eigenvalue weighted by atomic mass is 14.9. The predicted octanol–water partition coefficient (Wildman–Crippen LogP) is 10.2. The molecule has 174 valence electrons. The molecule has 7 aromatic carbocycles. The zero-order valence-corrected chi connectivity index (χ0v) is 20.4. The molecule has 0 aliphatic rings. The van der Waals surface area contributed by atoms with Crippen LogP contribution in [0.25, 0.3) is 54.6 Å². The molecule has 0 heterocycles. The molecule has 0 aliphatic carbocycles. The van der Waals surface area contributed by atoms with Gasteiger partial charge in [-0.3, -0.25) is 0 Å². The normalized spacial score (nSPS) is 11.2. The zero-order valence-electron chi connectivity index (χ0n) is 20.4. The van der Waals surface area contributed by atoms with Crippen molar-refractivity contribution in [2.45, 2.75) is 0 Å². The first-order chi connectivity index (χ1) is 18.3. The van der Waals surface area contributed by atoms with Crippen molar-refractivity contribution in [3.8, 4) is 22.3 Å². The molecule has 0 saturated heterocycles. The van der Waals surface area contributed by atoms with Gasteiger partial charge < -0.3 is 5.32 Å². The van der Waals surface area contributed by atoms with Gasteiger partial charge in [-0.2, -0.15) is 0 Å². The summed E-state index contributed by atoms with van der Waals surface area (Å²) in [6, 6.07) is 52.1. The number of anilines is 2. The third-order valence-corrected chi connectivity index (χ3v) is 7.24. The van der Waals surface area contributed by atoms with Gasteiger partial charge in [0, 0.05) is 11.4 Å². The Labute approximate surface area is 216 Å². The molecule has 0 bridgehead atoms. The van der Waals surface area contributed by atoms with Crippen molar-refractivity contribution >= 4 is 43.7 Å². The van der Waals surface area contributed by atoms with Crippen molar-refractivity contribution in [2.24, 2.45) is 0 Å². The van der Waals surface area contributed by atoms with Crippen LogP contribution in [0.5, 0.6) is 0 Å². The second kappa shape index (κ2) is 8.96. The largest absolute Gasteiger partial charge is 0.356 e. The van der Waals surface area contributed by atoms with Crippen LogP contribution in [-0.2, 0) is 0 Å². The summed E-state index contributed by atoms with van der Waals surface area (Å²) in [6.07, 6.45) is 0. The highest BCUT2D eigenvalue weighted by Crippen LogP contribution is 2.36. The first kappa shape index (κ1) is 21.4. The number of rotatable bonds is 4. The fourth-order valence-electron chi connectivity index (χ4n) is 5.40. The van der Waals surface area contributed by atoms with Gasteiger partial charge in [0.15, 0.2) is 0 Å². The van der Waals surface area contributed by atoms with Gasteiger partial charge in [0.2, 0.25) is 0 Å². The zero-order chi connectivity index (χ0) is 24.6. The summed E-state index contributed by atoms with van der Waals surface area (Å²) < 4.78 is 0. The maximum absolute atomic E-state index is 3.57. The molecular formula is C36H25N. The molecule has 37 heavy (non-hydrogen) atoms. The molecular weight excluding hydrogens is 446 g/mol. The second-order valence-electron chi connectivity index (χ2n) is 9.50. The van der Waals surface area contributed by atoms with Gasteiger partial charge in [-0.25, -0.2) is 0 Å². The van der Waals surface area contributed by atoms with E-state index in [1.165, 1.54) is 54.6 Å². The van der Waals surface area contributed by atoms with E-state index in [0.29, 0.717) is 0 Å². The number of hydrogen-bond acceptors (Lipinski definition) is 1. The van der Waals surface area contributed by atoms with Crippen molar-refractivity contribution < 1.29 is 0 Å². The lowest BCUT2D eigenvalue weighted by Crippen LogP contribution is -1.91. The standard InChI is InChI=1S/C36H25N/c1-3-11-31-25(8-1)10-7-15-32(31)26-16-20-29(21-17-26)37-30-22-18-27(19-23-30)36-24-28-9-2-4-12-33(28)34-13-5-6-14-35(34)36/h1-24,37H. The van der Waals surface area contributed by atoms with Crippen LogP contribution in [0.3, 0.4) is 0 Å². The van der Waals surface area contributed by atoms with Crippen molar-refractivity contribution in [3.05, 3.63) is 146 Å². The molecule has 1 heteroatoms. The molecule has 0 saturated carbocycles. The maximum Gasteiger partial charge on any atom is 0.0384 e. The lowest BCUT2D eigenvalue weighted by Gasteiger charge is -2.13. The van der Waals surface area contributed by atoms with Crippen LogP contribution >= 0.6 is 0 Å². The molecule has 0 aromatic heterocycles. The Morgan fingerprint density at radius 1 is 0.324 bits per heavy atom. The van der Waals surface area contributed by atoms with Gasteiger partial charge in [0.25, 0.3) is 0 Å². The fraction of sp³-hybridized carbons (Fsp3) is 0. The van der Waals surface area contributed by atoms with Crippen molar-refractivity contribution in [2.75, 3.05) is 5.32 Å². The Hall–Kier alpha value is -4.88. The van der Waals surface area contributed by atoms with Crippen LogP contribution in [0.4, 0.5) is 11.4 Å². The highest BCUT2D eigenvalue weighted by Gasteiger charge is 2.09. The molecule has 0 radical (unpaired) electrons. The smallest absolute Gasteiger partial charge is 0.0384 e. The van der Waals surface area contributed by atoms with Gasteiger partial charge in [0.1, 0.15) is 0 Å². The van der Waals surface area contributed by atoms with Crippen molar-refractivity contribution in [3.63, 3.8) is 0 Å². The fourth-order valence-corrected chi connectivity index (χ4v) is 5.40. The SMILES string of the molecule is c1ccc2c(-c3ccc(Nc4ccc(-c5cc6ccccc6c6ccccc56)cc4)cc3)cccc2c1. The van der Waals surface area contributed by atoms with Crippen LogP contribution < -0.4 is 5.32 Å². The first-order valence-electron chi connectivity index (χ1n) is 12.7. The number of fused-ring (bicyclic) bond motifs is 4. The second-order valence-corrected chi connectivity index (χ2v) is 9.50. The molecule has 0 spiro atoms. The maximum atomic E-state index is 3.57. The summed E-state index contributed by atoms with van der Waals surface area (Å²) in [4.78, 5) is 0. The molecule has 0 fully saturated rings. The average molecular weight is 472 g/mol. The van der Waals surface area contributed by atoms with Gasteiger partial charge in [0.05, 0.1) is 0 Å². The Balaban J connectivity index is 1.18. The summed E-state index contributed by atoms with van der Waals surface area (Å²) in [5.41, 5.74) is 7.12. The van der Waals surface area contributed by atoms with Crippen LogP contribution in [0.15, 0.2) is 146 Å². The van der Waals surface area contributed by atoms with Crippen LogP contribution in [0.2, 0.25) is 0 Å². The van der Waals surface area contributed by atoms with Gasteiger partial charge >= 0.3 is 0 Å². The van der Waals surface area contributed by atoms with E-state index < -0.39 is 0 Å². The van der Waals surface area contributed by atoms with E-state index in [-0.39, 0.29) is 0 Å². The Morgan fingerprint density at radius 3 is 1.54 bits per heavy atom. The lowest BCUT2D eigenvalue weighted by molar-refractivity contribution is 1.54. The minimum Gasteiger partial charge on any atom is -0.356 e. The molecule has 0 atom stereocenters. The van der Waals surface area contributed by atoms with Crippen LogP contribution in [-0.4, -0.2) is 0 Å². The van der Waals surface area contributed by atoms with E-state index in [9.17, 15) is 0 Å². The number of benzene rings is 7. The van der Waals surface area contributed by atoms with Gasteiger partial charge in [-0.05, 0) is 84.9 Å². The molecule has 1 N–H and O–H groups in total. The summed E-state index contributed by atoms with van der Waals surface area (Å²) >= 11 is 0. The third kappa shape index (κ3) is 3.91. The lowest BCUT2D eigenvalue weighted by atomic mass is 9.93. The van der Waals surface area contributed by atoms with Crippen LogP contribution in [0, 0.1) is 0 Å². The average Bonchev–Trinajstić information content (AvgIpc) is 2.97. The van der Waals surface area contributed by atoms with E-state index >= 15 is 0 Å². The molecule has 0 aliphatic heterocycles. The highest BCUT2D eigenvalue weighted by molar-refractivity contribution is 6.13. The van der Waals surface area contributed by atoms with E-state index in [1.54, 1.807) is 0 Å². The van der Waals surface area contributed by atoms with Gasteiger partial charge in [-0.1, -0.05) is 115 Å². The molecule has 1 nitrogen and oxygen atoms in total. The molecule has 0 unspecified atom stereocenters.